The zero-order valence-electron chi connectivity index (χ0n) is 13.2. The third-order valence-corrected chi connectivity index (χ3v) is 5.72. The summed E-state index contributed by atoms with van der Waals surface area (Å²) in [6.07, 6.45) is 0.503. The van der Waals surface area contributed by atoms with Crippen LogP contribution in [0.1, 0.15) is 18.4 Å². The smallest absolute Gasteiger partial charge is 0.407 e. The van der Waals surface area contributed by atoms with Gasteiger partial charge in [-0.05, 0) is 19.1 Å². The van der Waals surface area contributed by atoms with Gasteiger partial charge in [-0.15, -0.1) is 0 Å². The van der Waals surface area contributed by atoms with Crippen molar-refractivity contribution in [1.29, 1.82) is 0 Å². The number of sulfonamides is 1. The summed E-state index contributed by atoms with van der Waals surface area (Å²) in [5.74, 6) is 0. The van der Waals surface area contributed by atoms with Crippen LogP contribution < -0.4 is 10.0 Å². The summed E-state index contributed by atoms with van der Waals surface area (Å²) in [7, 11) is -3.90. The van der Waals surface area contributed by atoms with E-state index < -0.39 is 27.7 Å². The van der Waals surface area contributed by atoms with Crippen LogP contribution in [0.3, 0.4) is 0 Å². The maximum absolute atomic E-state index is 12.3. The zero-order chi connectivity index (χ0) is 17.4. The Hall–Kier alpha value is -2.29. The van der Waals surface area contributed by atoms with Gasteiger partial charge in [0.1, 0.15) is 5.60 Å². The van der Waals surface area contributed by atoms with Gasteiger partial charge in [0.05, 0.1) is 11.4 Å². The number of carbonyl (C=O) groups is 2. The average Bonchev–Trinajstić information content (AvgIpc) is 2.88. The summed E-state index contributed by atoms with van der Waals surface area (Å²) in [4.78, 5) is 24.9. The van der Waals surface area contributed by atoms with Crippen molar-refractivity contribution in [2.45, 2.75) is 30.3 Å². The van der Waals surface area contributed by atoms with E-state index in [1.807, 2.05) is 6.92 Å². The van der Waals surface area contributed by atoms with E-state index in [4.69, 9.17) is 4.74 Å². The Morgan fingerprint density at radius 3 is 2.42 bits per heavy atom. The van der Waals surface area contributed by atoms with Gasteiger partial charge in [0, 0.05) is 25.9 Å². The lowest BCUT2D eigenvalue weighted by atomic mass is 9.92. The maximum Gasteiger partial charge on any atom is 0.407 e. The number of hydrogen-bond acceptors (Lipinski definition) is 5. The van der Waals surface area contributed by atoms with Gasteiger partial charge >= 0.3 is 12.1 Å². The zero-order valence-corrected chi connectivity index (χ0v) is 14.1. The van der Waals surface area contributed by atoms with E-state index in [1.54, 1.807) is 12.1 Å². The number of amides is 3. The van der Waals surface area contributed by atoms with Crippen LogP contribution in [0.5, 0.6) is 0 Å². The molecule has 0 atom stereocenters. The molecule has 0 saturated carbocycles. The molecular formula is C15H19N3O5S. The second-order valence-corrected chi connectivity index (χ2v) is 7.82. The van der Waals surface area contributed by atoms with Gasteiger partial charge in [0.2, 0.25) is 0 Å². The van der Waals surface area contributed by atoms with E-state index in [0.29, 0.717) is 32.5 Å². The molecule has 130 valence electrons. The van der Waals surface area contributed by atoms with Crippen LogP contribution in [0.2, 0.25) is 0 Å². The number of rotatable bonds is 2. The van der Waals surface area contributed by atoms with Crippen LogP contribution >= 0.6 is 0 Å². The normalized spacial score (nSPS) is 19.7. The van der Waals surface area contributed by atoms with Crippen molar-refractivity contribution in [2.75, 3.05) is 19.6 Å². The van der Waals surface area contributed by atoms with E-state index in [1.165, 1.54) is 17.0 Å². The largest absolute Gasteiger partial charge is 0.441 e. The highest BCUT2D eigenvalue weighted by Crippen LogP contribution is 2.29. The fourth-order valence-corrected chi connectivity index (χ4v) is 3.83. The number of nitrogens with one attached hydrogen (secondary N) is 2. The van der Waals surface area contributed by atoms with Crippen LogP contribution in [0.4, 0.5) is 9.59 Å². The number of likely N-dealkylation sites (tertiary alicyclic amines) is 1. The number of urea groups is 1. The van der Waals surface area contributed by atoms with Gasteiger partial charge in [-0.3, -0.25) is 0 Å². The first-order chi connectivity index (χ1) is 11.3. The summed E-state index contributed by atoms with van der Waals surface area (Å²) >= 11 is 0. The lowest BCUT2D eigenvalue weighted by molar-refractivity contribution is 0.0103. The molecule has 2 aliphatic heterocycles. The quantitative estimate of drug-likeness (QED) is 0.824. The standard InChI is InChI=1S/C15H19N3O5S/c1-11-2-4-12(5-3-11)24(21,22)17-13(19)18-8-6-15(7-9-18)10-16-14(20)23-15/h2-5H,6-10H2,1H3,(H,16,20)(H,17,19). The molecule has 2 aliphatic rings. The fraction of sp³-hybridized carbons (Fsp3) is 0.467. The monoisotopic (exact) mass is 353 g/mol. The maximum atomic E-state index is 12.3. The molecule has 2 N–H and O–H groups in total. The highest BCUT2D eigenvalue weighted by molar-refractivity contribution is 7.90. The van der Waals surface area contributed by atoms with Gasteiger partial charge in [-0.2, -0.15) is 0 Å². The van der Waals surface area contributed by atoms with Crippen molar-refractivity contribution in [2.24, 2.45) is 0 Å². The number of piperidine rings is 1. The number of benzene rings is 1. The van der Waals surface area contributed by atoms with Crippen LogP contribution in [0.25, 0.3) is 0 Å². The molecule has 8 nitrogen and oxygen atoms in total. The third-order valence-electron chi connectivity index (χ3n) is 4.38. The summed E-state index contributed by atoms with van der Waals surface area (Å²) in [5, 5.41) is 2.61. The molecular weight excluding hydrogens is 334 g/mol. The molecule has 24 heavy (non-hydrogen) atoms. The van der Waals surface area contributed by atoms with Gasteiger partial charge in [-0.1, -0.05) is 17.7 Å². The predicted molar refractivity (Wildman–Crippen MR) is 84.9 cm³/mol. The van der Waals surface area contributed by atoms with Gasteiger partial charge in [0.25, 0.3) is 10.0 Å². The highest BCUT2D eigenvalue weighted by Gasteiger charge is 2.43. The summed E-state index contributed by atoms with van der Waals surface area (Å²) in [5.41, 5.74) is 0.352. The molecule has 0 bridgehead atoms. The highest BCUT2D eigenvalue weighted by atomic mass is 32.2. The Balaban J connectivity index is 1.61. The number of nitrogens with zero attached hydrogens (tertiary/aromatic N) is 1. The Bertz CT molecular complexity index is 752. The van der Waals surface area contributed by atoms with Gasteiger partial charge < -0.3 is 15.0 Å². The van der Waals surface area contributed by atoms with Crippen LogP contribution in [0, 0.1) is 6.92 Å². The number of aryl methyl sites for hydroxylation is 1. The third kappa shape index (κ3) is 3.30. The number of carbonyl (C=O) groups excluding carboxylic acids is 2. The first-order valence-electron chi connectivity index (χ1n) is 7.65. The summed E-state index contributed by atoms with van der Waals surface area (Å²) in [6.45, 7) is 2.92. The lowest BCUT2D eigenvalue weighted by Gasteiger charge is -2.36. The average molecular weight is 353 g/mol. The molecule has 0 aliphatic carbocycles. The second kappa shape index (κ2) is 5.97. The minimum atomic E-state index is -3.90. The number of hydrogen-bond donors (Lipinski definition) is 2. The molecule has 9 heteroatoms. The van der Waals surface area contributed by atoms with Crippen molar-refractivity contribution in [1.82, 2.24) is 14.9 Å². The molecule has 0 radical (unpaired) electrons. The summed E-state index contributed by atoms with van der Waals surface area (Å²) in [6, 6.07) is 5.60. The topological polar surface area (TPSA) is 105 Å². The van der Waals surface area contributed by atoms with Gasteiger partial charge in [0.15, 0.2) is 0 Å². The first-order valence-corrected chi connectivity index (χ1v) is 9.13. The van der Waals surface area contributed by atoms with Crippen molar-refractivity contribution >= 4 is 22.1 Å². The number of ether oxygens (including phenoxy) is 1. The molecule has 0 aromatic heterocycles. The minimum absolute atomic E-state index is 0.0452. The van der Waals surface area contributed by atoms with Crippen molar-refractivity contribution < 1.29 is 22.7 Å². The molecule has 3 rings (SSSR count). The Morgan fingerprint density at radius 2 is 1.88 bits per heavy atom. The molecule has 0 unspecified atom stereocenters. The Labute approximate surface area is 140 Å². The molecule has 1 spiro atoms. The molecule has 3 amide bonds. The SMILES string of the molecule is Cc1ccc(S(=O)(=O)NC(=O)N2CCC3(CC2)CNC(=O)O3)cc1. The van der Waals surface area contributed by atoms with E-state index >= 15 is 0 Å². The van der Waals surface area contributed by atoms with Crippen LogP contribution in [0.15, 0.2) is 29.2 Å². The van der Waals surface area contributed by atoms with Crippen LogP contribution in [-0.2, 0) is 14.8 Å². The van der Waals surface area contributed by atoms with E-state index in [0.717, 1.165) is 5.56 Å². The minimum Gasteiger partial charge on any atom is -0.441 e. The van der Waals surface area contributed by atoms with Crippen molar-refractivity contribution in [3.63, 3.8) is 0 Å². The molecule has 2 saturated heterocycles. The Kier molecular flexibility index (Phi) is 4.12. The molecule has 1 aromatic carbocycles. The first kappa shape index (κ1) is 16.6. The summed E-state index contributed by atoms with van der Waals surface area (Å²) < 4.78 is 31.9. The van der Waals surface area contributed by atoms with Crippen molar-refractivity contribution in [3.05, 3.63) is 29.8 Å². The van der Waals surface area contributed by atoms with Crippen LogP contribution in [-0.4, -0.2) is 50.7 Å². The predicted octanol–water partition coefficient (Wildman–Crippen LogP) is 0.968. The molecule has 2 fully saturated rings. The van der Waals surface area contributed by atoms with Gasteiger partial charge in [-0.25, -0.2) is 22.7 Å². The van der Waals surface area contributed by atoms with Crippen molar-refractivity contribution in [3.8, 4) is 0 Å². The lowest BCUT2D eigenvalue weighted by Crippen LogP contribution is -2.52. The number of alkyl carbamates (subject to hydrolysis) is 1. The fourth-order valence-electron chi connectivity index (χ4n) is 2.85. The van der Waals surface area contributed by atoms with E-state index in [9.17, 15) is 18.0 Å². The Morgan fingerprint density at radius 1 is 1.25 bits per heavy atom. The van der Waals surface area contributed by atoms with E-state index in [-0.39, 0.29) is 4.90 Å². The molecule has 1 aromatic rings. The second-order valence-electron chi connectivity index (χ2n) is 6.14. The van der Waals surface area contributed by atoms with E-state index in [2.05, 4.69) is 10.0 Å². The molecule has 2 heterocycles.